The number of hydrogen-bond donors (Lipinski definition) is 2. The molecule has 8 nitrogen and oxygen atoms in total. The summed E-state index contributed by atoms with van der Waals surface area (Å²) in [6.45, 7) is 0.160. The molecule has 0 aromatic carbocycles. The molecular formula is C22H28N2O6S2. The Balaban J connectivity index is 1.35. The number of nitrogens with zero attached hydrogens (tertiary/aromatic N) is 1. The fourth-order valence-corrected chi connectivity index (χ4v) is 7.68. The van der Waals surface area contributed by atoms with Crippen LogP contribution in [0, 0.1) is 17.8 Å². The van der Waals surface area contributed by atoms with Gasteiger partial charge >= 0.3 is 5.97 Å². The zero-order valence-electron chi connectivity index (χ0n) is 17.7. The smallest absolute Gasteiger partial charge is 0.329 e. The van der Waals surface area contributed by atoms with E-state index < -0.39 is 16.0 Å². The van der Waals surface area contributed by atoms with E-state index in [0.29, 0.717) is 29.2 Å². The van der Waals surface area contributed by atoms with Gasteiger partial charge in [-0.3, -0.25) is 4.79 Å². The summed E-state index contributed by atoms with van der Waals surface area (Å²) in [7, 11) is -3.67. The van der Waals surface area contributed by atoms with Crippen molar-refractivity contribution in [2.24, 2.45) is 17.8 Å². The number of carboxylic acids is 1. The highest BCUT2D eigenvalue weighted by molar-refractivity contribution is 7.92. The second-order valence-corrected chi connectivity index (χ2v) is 11.7. The Morgan fingerprint density at radius 1 is 1.16 bits per heavy atom. The molecule has 2 bridgehead atoms. The van der Waals surface area contributed by atoms with E-state index in [1.54, 1.807) is 18.2 Å². The number of carbonyl (C=O) groups is 2. The maximum absolute atomic E-state index is 13.0. The van der Waals surface area contributed by atoms with Crippen molar-refractivity contribution < 1.29 is 27.9 Å². The topological polar surface area (TPSA) is 115 Å². The first-order chi connectivity index (χ1) is 15.4. The van der Waals surface area contributed by atoms with E-state index >= 15 is 0 Å². The largest absolute Gasteiger partial charge is 0.480 e. The molecule has 2 heterocycles. The Morgan fingerprint density at radius 3 is 2.66 bits per heavy atom. The van der Waals surface area contributed by atoms with Crippen LogP contribution in [0.2, 0.25) is 0 Å². The molecule has 0 saturated heterocycles. The minimum Gasteiger partial charge on any atom is -0.480 e. The van der Waals surface area contributed by atoms with E-state index in [9.17, 15) is 18.0 Å². The summed E-state index contributed by atoms with van der Waals surface area (Å²) in [5, 5.41) is 11.8. The van der Waals surface area contributed by atoms with Gasteiger partial charge in [0.2, 0.25) is 0 Å². The highest BCUT2D eigenvalue weighted by Gasteiger charge is 2.47. The van der Waals surface area contributed by atoms with Crippen LogP contribution in [0.15, 0.2) is 40.9 Å². The first-order valence-corrected chi connectivity index (χ1v) is 13.2. The number of aromatic nitrogens is 1. The monoisotopic (exact) mass is 480 g/mol. The standard InChI is InChI=1S/C22H28N2O6S2/c25-19(26)14-30-12-4-1-5-17-15-6-7-16(13-15)21(17)23-22(27)18-8-9-20(31-18)32(28,29)24-10-2-3-11-24/h2-3,8-11,15-17,21H,1,4-7,12-14H2,(H,23,27)(H,25,26)/t15-,16+,17-,21-/m0/s1. The normalized spacial score (nSPS) is 24.6. The predicted octanol–water partition coefficient (Wildman–Crippen LogP) is 3.20. The molecule has 0 unspecified atom stereocenters. The maximum atomic E-state index is 13.0. The number of rotatable bonds is 11. The average molecular weight is 481 g/mol. The first-order valence-electron chi connectivity index (χ1n) is 10.9. The van der Waals surface area contributed by atoms with Gasteiger partial charge in [-0.25, -0.2) is 8.77 Å². The van der Waals surface area contributed by atoms with Gasteiger partial charge in [-0.15, -0.1) is 11.3 Å². The number of thiophene rings is 1. The van der Waals surface area contributed by atoms with Crippen LogP contribution in [-0.4, -0.2) is 48.6 Å². The Morgan fingerprint density at radius 2 is 1.91 bits per heavy atom. The number of fused-ring (bicyclic) bond motifs is 2. The Hall–Kier alpha value is -2.17. The highest BCUT2D eigenvalue weighted by Crippen LogP contribution is 2.50. The molecule has 1 amide bonds. The Labute approximate surface area is 191 Å². The van der Waals surface area contributed by atoms with Gasteiger partial charge in [-0.1, -0.05) is 6.42 Å². The van der Waals surface area contributed by atoms with Crippen molar-refractivity contribution in [1.82, 2.24) is 9.29 Å². The minimum atomic E-state index is -3.67. The van der Waals surface area contributed by atoms with Gasteiger partial charge in [-0.05, 0) is 74.1 Å². The summed E-state index contributed by atoms with van der Waals surface area (Å²) in [5.74, 6) is 0.314. The molecule has 0 spiro atoms. The van der Waals surface area contributed by atoms with Gasteiger partial charge in [0, 0.05) is 25.0 Å². The van der Waals surface area contributed by atoms with Crippen LogP contribution in [0.4, 0.5) is 0 Å². The number of amides is 1. The molecule has 0 aliphatic heterocycles. The minimum absolute atomic E-state index is 0.104. The van der Waals surface area contributed by atoms with Crippen LogP contribution < -0.4 is 5.32 Å². The number of carbonyl (C=O) groups excluding carboxylic acids is 1. The number of hydrogen-bond acceptors (Lipinski definition) is 6. The summed E-state index contributed by atoms with van der Waals surface area (Å²) in [4.78, 5) is 23.9. The molecule has 174 valence electrons. The second-order valence-electron chi connectivity index (χ2n) is 8.58. The summed E-state index contributed by atoms with van der Waals surface area (Å²) in [6, 6.07) is 6.47. The molecule has 2 aliphatic rings. The Bertz CT molecular complexity index is 1050. The molecule has 2 aromatic rings. The molecule has 10 heteroatoms. The van der Waals surface area contributed by atoms with Crippen molar-refractivity contribution in [3.8, 4) is 0 Å². The van der Waals surface area contributed by atoms with Gasteiger partial charge in [-0.2, -0.15) is 8.42 Å². The van der Waals surface area contributed by atoms with Crippen LogP contribution in [0.5, 0.6) is 0 Å². The zero-order valence-corrected chi connectivity index (χ0v) is 19.3. The van der Waals surface area contributed by atoms with Crippen LogP contribution >= 0.6 is 11.3 Å². The lowest BCUT2D eigenvalue weighted by molar-refractivity contribution is -0.142. The van der Waals surface area contributed by atoms with Crippen LogP contribution in [0.25, 0.3) is 0 Å². The molecule has 0 radical (unpaired) electrons. The van der Waals surface area contributed by atoms with Crippen LogP contribution in [0.3, 0.4) is 0 Å². The van der Waals surface area contributed by atoms with Crippen molar-refractivity contribution in [1.29, 1.82) is 0 Å². The van der Waals surface area contributed by atoms with Crippen molar-refractivity contribution >= 4 is 33.2 Å². The van der Waals surface area contributed by atoms with Crippen molar-refractivity contribution in [2.45, 2.75) is 48.8 Å². The van der Waals surface area contributed by atoms with Gasteiger partial charge in [0.15, 0.2) is 0 Å². The third kappa shape index (κ3) is 4.92. The third-order valence-corrected chi connectivity index (χ3v) is 9.81. The van der Waals surface area contributed by atoms with Crippen LogP contribution in [-0.2, 0) is 19.6 Å². The van der Waals surface area contributed by atoms with Gasteiger partial charge < -0.3 is 15.2 Å². The van der Waals surface area contributed by atoms with E-state index in [-0.39, 0.29) is 22.8 Å². The molecule has 2 saturated carbocycles. The molecule has 32 heavy (non-hydrogen) atoms. The Kier molecular flexibility index (Phi) is 7.02. The van der Waals surface area contributed by atoms with E-state index in [1.165, 1.54) is 24.9 Å². The summed E-state index contributed by atoms with van der Waals surface area (Å²) >= 11 is 0.995. The molecule has 4 atom stereocenters. The first kappa shape index (κ1) is 23.0. The van der Waals surface area contributed by atoms with E-state index in [1.807, 2.05) is 0 Å². The van der Waals surface area contributed by atoms with Crippen molar-refractivity contribution in [3.05, 3.63) is 41.5 Å². The van der Waals surface area contributed by atoms with Gasteiger partial charge in [0.25, 0.3) is 15.9 Å². The number of aliphatic carboxylic acids is 1. The third-order valence-electron chi connectivity index (χ3n) is 6.60. The molecule has 2 N–H and O–H groups in total. The van der Waals surface area contributed by atoms with Gasteiger partial charge in [0.1, 0.15) is 10.8 Å². The number of nitrogens with one attached hydrogen (secondary N) is 1. The lowest BCUT2D eigenvalue weighted by Gasteiger charge is -2.31. The average Bonchev–Trinajstić information content (AvgIpc) is 3.55. The quantitative estimate of drug-likeness (QED) is 0.477. The SMILES string of the molecule is O=C(O)COCCCC[C@H]1[C@H]2CC[C@H](C2)[C@@H]1NC(=O)c1ccc(S(=O)(=O)n2cccc2)s1. The lowest BCUT2D eigenvalue weighted by atomic mass is 9.81. The lowest BCUT2D eigenvalue weighted by Crippen LogP contribution is -2.43. The predicted molar refractivity (Wildman–Crippen MR) is 119 cm³/mol. The molecule has 2 aliphatic carbocycles. The molecule has 2 fully saturated rings. The van der Waals surface area contributed by atoms with Crippen molar-refractivity contribution in [3.63, 3.8) is 0 Å². The summed E-state index contributed by atoms with van der Waals surface area (Å²) in [6.07, 6.45) is 9.08. The fraction of sp³-hybridized carbons (Fsp3) is 0.545. The van der Waals surface area contributed by atoms with Gasteiger partial charge in [0.05, 0.1) is 4.88 Å². The van der Waals surface area contributed by atoms with Crippen molar-refractivity contribution in [2.75, 3.05) is 13.2 Å². The van der Waals surface area contributed by atoms with E-state index in [0.717, 1.165) is 47.4 Å². The van der Waals surface area contributed by atoms with Crippen LogP contribution in [0.1, 0.15) is 48.2 Å². The summed E-state index contributed by atoms with van der Waals surface area (Å²) in [5.41, 5.74) is 0. The van der Waals surface area contributed by atoms with E-state index in [2.05, 4.69) is 5.32 Å². The molecular weight excluding hydrogens is 452 g/mol. The fourth-order valence-electron chi connectivity index (χ4n) is 5.18. The number of ether oxygens (including phenoxy) is 1. The molecule has 4 rings (SSSR count). The number of carboxylic acid groups (broad SMARTS) is 1. The summed E-state index contributed by atoms with van der Waals surface area (Å²) < 4.78 is 31.7. The highest BCUT2D eigenvalue weighted by atomic mass is 32.2. The van der Waals surface area contributed by atoms with E-state index in [4.69, 9.17) is 9.84 Å². The zero-order chi connectivity index (χ0) is 22.7. The second kappa shape index (κ2) is 9.76. The number of unbranched alkanes of at least 4 members (excludes halogenated alkanes) is 1. The maximum Gasteiger partial charge on any atom is 0.329 e. The molecule has 2 aromatic heterocycles.